The first-order valence-corrected chi connectivity index (χ1v) is 9.30. The summed E-state index contributed by atoms with van der Waals surface area (Å²) in [5.74, 6) is -0.101. The highest BCUT2D eigenvalue weighted by atomic mass is 16.5. The molecule has 5 nitrogen and oxygen atoms in total. The zero-order valence-electron chi connectivity index (χ0n) is 15.5. The maximum atomic E-state index is 13.1. The van der Waals surface area contributed by atoms with E-state index in [1.54, 1.807) is 25.3 Å². The molecule has 0 saturated heterocycles. The van der Waals surface area contributed by atoms with E-state index in [2.05, 4.69) is 5.32 Å². The Kier molecular flexibility index (Phi) is 5.79. The van der Waals surface area contributed by atoms with Crippen molar-refractivity contribution in [2.75, 3.05) is 13.7 Å². The highest BCUT2D eigenvalue weighted by molar-refractivity contribution is 5.89. The van der Waals surface area contributed by atoms with Crippen LogP contribution in [0.25, 0.3) is 0 Å². The van der Waals surface area contributed by atoms with E-state index in [9.17, 15) is 9.59 Å². The average molecular weight is 367 g/mol. The SMILES string of the molecule is COc1ccc(C2(C(=O)NCCc3cccc(C(=O)O)c3)CCCC2)cc1. The summed E-state index contributed by atoms with van der Waals surface area (Å²) >= 11 is 0. The third-order valence-corrected chi connectivity index (χ3v) is 5.41. The third kappa shape index (κ3) is 4.13. The molecule has 0 bridgehead atoms. The van der Waals surface area contributed by atoms with Gasteiger partial charge >= 0.3 is 5.97 Å². The van der Waals surface area contributed by atoms with Gasteiger partial charge in [0.25, 0.3) is 0 Å². The Morgan fingerprint density at radius 2 is 1.81 bits per heavy atom. The summed E-state index contributed by atoms with van der Waals surface area (Å²) in [5, 5.41) is 12.2. The number of aromatic carboxylic acids is 1. The number of hydrogen-bond acceptors (Lipinski definition) is 3. The summed E-state index contributed by atoms with van der Waals surface area (Å²) in [6.45, 7) is 0.486. The molecule has 2 N–H and O–H groups in total. The van der Waals surface area contributed by atoms with Crippen LogP contribution in [0.1, 0.15) is 47.2 Å². The van der Waals surface area contributed by atoms with Gasteiger partial charge in [-0.15, -0.1) is 0 Å². The van der Waals surface area contributed by atoms with Crippen molar-refractivity contribution in [1.29, 1.82) is 0 Å². The predicted molar refractivity (Wildman–Crippen MR) is 103 cm³/mol. The number of carbonyl (C=O) groups is 2. The van der Waals surface area contributed by atoms with Crippen LogP contribution in [0.2, 0.25) is 0 Å². The van der Waals surface area contributed by atoms with Crippen molar-refractivity contribution >= 4 is 11.9 Å². The molecule has 2 aromatic rings. The minimum absolute atomic E-state index is 0.0551. The molecule has 3 rings (SSSR count). The third-order valence-electron chi connectivity index (χ3n) is 5.41. The number of nitrogens with one attached hydrogen (secondary N) is 1. The lowest BCUT2D eigenvalue weighted by atomic mass is 9.78. The van der Waals surface area contributed by atoms with Crippen LogP contribution in [0.4, 0.5) is 0 Å². The fourth-order valence-corrected chi connectivity index (χ4v) is 3.88. The largest absolute Gasteiger partial charge is 0.497 e. The van der Waals surface area contributed by atoms with Gasteiger partial charge in [-0.3, -0.25) is 4.79 Å². The quantitative estimate of drug-likeness (QED) is 0.784. The number of benzene rings is 2. The molecule has 1 aliphatic carbocycles. The molecule has 1 aliphatic rings. The Bertz CT molecular complexity index is 807. The summed E-state index contributed by atoms with van der Waals surface area (Å²) in [7, 11) is 1.63. The van der Waals surface area contributed by atoms with Crippen molar-refractivity contribution < 1.29 is 19.4 Å². The van der Waals surface area contributed by atoms with E-state index in [-0.39, 0.29) is 11.5 Å². The minimum atomic E-state index is -0.940. The van der Waals surface area contributed by atoms with Gasteiger partial charge in [-0.05, 0) is 54.7 Å². The molecule has 0 aliphatic heterocycles. The molecular weight excluding hydrogens is 342 g/mol. The molecule has 0 spiro atoms. The number of methoxy groups -OCH3 is 1. The molecule has 0 atom stereocenters. The van der Waals surface area contributed by atoms with Gasteiger partial charge in [-0.25, -0.2) is 4.79 Å². The first kappa shape index (κ1) is 19.0. The van der Waals surface area contributed by atoms with Crippen LogP contribution < -0.4 is 10.1 Å². The number of carboxylic acids is 1. The Morgan fingerprint density at radius 1 is 1.11 bits per heavy atom. The fourth-order valence-electron chi connectivity index (χ4n) is 3.88. The monoisotopic (exact) mass is 367 g/mol. The normalized spacial score (nSPS) is 15.3. The maximum absolute atomic E-state index is 13.1. The Balaban J connectivity index is 1.67. The van der Waals surface area contributed by atoms with Gasteiger partial charge in [0.05, 0.1) is 18.1 Å². The number of carboxylic acid groups (broad SMARTS) is 1. The van der Waals surface area contributed by atoms with Gasteiger partial charge in [0.15, 0.2) is 0 Å². The van der Waals surface area contributed by atoms with Gasteiger partial charge in [-0.1, -0.05) is 37.1 Å². The molecule has 5 heteroatoms. The van der Waals surface area contributed by atoms with Crippen LogP contribution in [0, 0.1) is 0 Å². The van der Waals surface area contributed by atoms with Gasteiger partial charge < -0.3 is 15.2 Å². The average Bonchev–Trinajstić information content (AvgIpc) is 3.19. The Labute approximate surface area is 159 Å². The smallest absolute Gasteiger partial charge is 0.335 e. The van der Waals surface area contributed by atoms with E-state index in [1.165, 1.54) is 0 Å². The number of amides is 1. The van der Waals surface area contributed by atoms with E-state index in [1.807, 2.05) is 30.3 Å². The van der Waals surface area contributed by atoms with Crippen LogP contribution >= 0.6 is 0 Å². The minimum Gasteiger partial charge on any atom is -0.497 e. The molecule has 0 heterocycles. The summed E-state index contributed by atoms with van der Waals surface area (Å²) in [6, 6.07) is 14.6. The maximum Gasteiger partial charge on any atom is 0.335 e. The van der Waals surface area contributed by atoms with Crippen molar-refractivity contribution in [3.8, 4) is 5.75 Å². The molecule has 1 amide bonds. The Morgan fingerprint density at radius 3 is 2.44 bits per heavy atom. The van der Waals surface area contributed by atoms with E-state index in [4.69, 9.17) is 9.84 Å². The van der Waals surface area contributed by atoms with Crippen LogP contribution in [0.15, 0.2) is 48.5 Å². The lowest BCUT2D eigenvalue weighted by molar-refractivity contribution is -0.126. The van der Waals surface area contributed by atoms with Gasteiger partial charge in [0.1, 0.15) is 5.75 Å². The summed E-state index contributed by atoms with van der Waals surface area (Å²) in [4.78, 5) is 24.1. The van der Waals surface area contributed by atoms with E-state index < -0.39 is 11.4 Å². The van der Waals surface area contributed by atoms with Crippen molar-refractivity contribution in [3.05, 3.63) is 65.2 Å². The molecular formula is C22H25NO4. The van der Waals surface area contributed by atoms with Crippen LogP contribution in [-0.2, 0) is 16.6 Å². The highest BCUT2D eigenvalue weighted by Crippen LogP contribution is 2.41. The summed E-state index contributed by atoms with van der Waals surface area (Å²) in [5.41, 5.74) is 1.73. The fraction of sp³-hybridized carbons (Fsp3) is 0.364. The van der Waals surface area contributed by atoms with Crippen LogP contribution in [0.5, 0.6) is 5.75 Å². The Hall–Kier alpha value is -2.82. The molecule has 0 aromatic heterocycles. The van der Waals surface area contributed by atoms with Gasteiger partial charge in [-0.2, -0.15) is 0 Å². The molecule has 142 valence electrons. The standard InChI is InChI=1S/C22H25NO4/c1-27-19-9-7-18(8-10-19)22(12-2-3-13-22)21(26)23-14-11-16-5-4-6-17(15-16)20(24)25/h4-10,15H,2-3,11-14H2,1H3,(H,23,26)(H,24,25). The van der Waals surface area contributed by atoms with E-state index in [0.29, 0.717) is 13.0 Å². The second-order valence-electron chi connectivity index (χ2n) is 7.03. The number of rotatable bonds is 7. The highest BCUT2D eigenvalue weighted by Gasteiger charge is 2.42. The molecule has 1 saturated carbocycles. The van der Waals surface area contributed by atoms with Crippen molar-refractivity contribution in [2.45, 2.75) is 37.5 Å². The second kappa shape index (κ2) is 8.25. The molecule has 0 unspecified atom stereocenters. The topological polar surface area (TPSA) is 75.6 Å². The van der Waals surface area contributed by atoms with Crippen LogP contribution in [-0.4, -0.2) is 30.6 Å². The predicted octanol–water partition coefficient (Wildman–Crippen LogP) is 3.56. The second-order valence-corrected chi connectivity index (χ2v) is 7.03. The molecule has 1 fully saturated rings. The first-order chi connectivity index (χ1) is 13.0. The zero-order chi connectivity index (χ0) is 19.3. The summed E-state index contributed by atoms with van der Waals surface area (Å²) < 4.78 is 5.22. The lowest BCUT2D eigenvalue weighted by Gasteiger charge is -2.28. The van der Waals surface area contributed by atoms with Crippen LogP contribution in [0.3, 0.4) is 0 Å². The molecule has 2 aromatic carbocycles. The number of ether oxygens (including phenoxy) is 1. The van der Waals surface area contributed by atoms with Gasteiger partial charge in [0, 0.05) is 6.54 Å². The van der Waals surface area contributed by atoms with E-state index >= 15 is 0 Å². The molecule has 27 heavy (non-hydrogen) atoms. The molecule has 0 radical (unpaired) electrons. The number of carbonyl (C=O) groups excluding carboxylic acids is 1. The van der Waals surface area contributed by atoms with Crippen molar-refractivity contribution in [1.82, 2.24) is 5.32 Å². The zero-order valence-corrected chi connectivity index (χ0v) is 15.5. The van der Waals surface area contributed by atoms with Crippen molar-refractivity contribution in [3.63, 3.8) is 0 Å². The van der Waals surface area contributed by atoms with E-state index in [0.717, 1.165) is 42.6 Å². The first-order valence-electron chi connectivity index (χ1n) is 9.30. The van der Waals surface area contributed by atoms with Crippen molar-refractivity contribution in [2.24, 2.45) is 0 Å². The lowest BCUT2D eigenvalue weighted by Crippen LogP contribution is -2.43. The summed E-state index contributed by atoms with van der Waals surface area (Å²) in [6.07, 6.45) is 4.38. The number of hydrogen-bond donors (Lipinski definition) is 2. The van der Waals surface area contributed by atoms with Gasteiger partial charge in [0.2, 0.25) is 5.91 Å².